The molecule has 0 radical (unpaired) electrons. The molecule has 4 nitrogen and oxygen atoms in total. The van der Waals surface area contributed by atoms with Gasteiger partial charge in [-0.2, -0.15) is 0 Å². The first kappa shape index (κ1) is 12.6. The van der Waals surface area contributed by atoms with Crippen LogP contribution in [-0.2, 0) is 0 Å². The van der Waals surface area contributed by atoms with Crippen molar-refractivity contribution in [3.63, 3.8) is 0 Å². The van der Waals surface area contributed by atoms with Gasteiger partial charge in [-0.3, -0.25) is 4.79 Å². The number of aryl methyl sites for hydroxylation is 3. The molecule has 0 atom stereocenters. The Balaban J connectivity index is 2.26. The molecule has 0 aliphatic heterocycles. The topological polar surface area (TPSA) is 55.1 Å². The van der Waals surface area contributed by atoms with Crippen LogP contribution in [0.15, 0.2) is 22.7 Å². The Morgan fingerprint density at radius 1 is 1.33 bits per heavy atom. The Hall–Kier alpha value is -1.81. The van der Waals surface area contributed by atoms with E-state index in [1.807, 2.05) is 6.92 Å². The number of nitrogens with one attached hydrogen (secondary N) is 1. The normalized spacial score (nSPS) is 10.4. The summed E-state index contributed by atoms with van der Waals surface area (Å²) in [6, 6.07) is 3.47. The molecule has 2 rings (SSSR count). The van der Waals surface area contributed by atoms with Crippen molar-refractivity contribution >= 4 is 23.2 Å². The molecule has 0 spiro atoms. The van der Waals surface area contributed by atoms with Crippen molar-refractivity contribution in [2.75, 3.05) is 5.32 Å². The second-order valence-electron chi connectivity index (χ2n) is 4.13. The summed E-state index contributed by atoms with van der Waals surface area (Å²) in [5, 5.41) is 3.00. The minimum absolute atomic E-state index is 0.251. The van der Waals surface area contributed by atoms with Gasteiger partial charge in [0.05, 0.1) is 11.3 Å². The van der Waals surface area contributed by atoms with Crippen LogP contribution < -0.4 is 5.32 Å². The van der Waals surface area contributed by atoms with Crippen molar-refractivity contribution < 1.29 is 9.21 Å². The van der Waals surface area contributed by atoms with Gasteiger partial charge in [-0.25, -0.2) is 4.98 Å². The summed E-state index contributed by atoms with van der Waals surface area (Å²) in [7, 11) is 0. The highest BCUT2D eigenvalue weighted by molar-refractivity contribution is 6.32. The van der Waals surface area contributed by atoms with Crippen molar-refractivity contribution in [3.8, 4) is 0 Å². The van der Waals surface area contributed by atoms with Crippen LogP contribution in [0.25, 0.3) is 0 Å². The quantitative estimate of drug-likeness (QED) is 0.845. The van der Waals surface area contributed by atoms with Crippen LogP contribution in [0.1, 0.15) is 27.4 Å². The third-order valence-corrected chi connectivity index (χ3v) is 2.81. The molecule has 2 aromatic rings. The molecule has 0 fully saturated rings. The van der Waals surface area contributed by atoms with E-state index in [2.05, 4.69) is 10.3 Å². The monoisotopic (exact) mass is 264 g/mol. The second-order valence-corrected chi connectivity index (χ2v) is 4.49. The van der Waals surface area contributed by atoms with E-state index in [1.54, 1.807) is 32.2 Å². The van der Waals surface area contributed by atoms with Gasteiger partial charge in [0.15, 0.2) is 5.15 Å². The molecule has 2 aromatic heterocycles. The number of hydrogen-bond acceptors (Lipinski definition) is 3. The zero-order valence-corrected chi connectivity index (χ0v) is 11.1. The van der Waals surface area contributed by atoms with Gasteiger partial charge in [0.2, 0.25) is 0 Å². The summed E-state index contributed by atoms with van der Waals surface area (Å²) < 4.78 is 5.32. The van der Waals surface area contributed by atoms with Crippen molar-refractivity contribution in [1.29, 1.82) is 0 Å². The summed E-state index contributed by atoms with van der Waals surface area (Å²) in [5.74, 6) is 1.03. The van der Waals surface area contributed by atoms with Gasteiger partial charge in [-0.15, -0.1) is 0 Å². The standard InChI is InChI=1S/C13H13ClN2O2/c1-7-4-11(12(14)15-6-7)16-13(17)10-5-8(2)18-9(10)3/h4-6H,1-3H3,(H,16,17). The molecule has 0 aromatic carbocycles. The molecule has 1 N–H and O–H groups in total. The number of pyridine rings is 1. The molecular formula is C13H13ClN2O2. The Bertz CT molecular complexity index is 605. The smallest absolute Gasteiger partial charge is 0.259 e. The number of halogens is 1. The SMILES string of the molecule is Cc1cnc(Cl)c(NC(=O)c2cc(C)oc2C)c1. The Kier molecular flexibility index (Phi) is 3.39. The van der Waals surface area contributed by atoms with Gasteiger partial charge >= 0.3 is 0 Å². The summed E-state index contributed by atoms with van der Waals surface area (Å²) in [4.78, 5) is 16.0. The zero-order valence-electron chi connectivity index (χ0n) is 10.4. The average molecular weight is 265 g/mol. The van der Waals surface area contributed by atoms with E-state index >= 15 is 0 Å². The minimum Gasteiger partial charge on any atom is -0.466 e. The number of rotatable bonds is 2. The summed E-state index contributed by atoms with van der Waals surface area (Å²) >= 11 is 5.92. The van der Waals surface area contributed by atoms with Crippen molar-refractivity contribution in [2.24, 2.45) is 0 Å². The van der Waals surface area contributed by atoms with E-state index < -0.39 is 0 Å². The number of anilines is 1. The largest absolute Gasteiger partial charge is 0.466 e. The molecule has 18 heavy (non-hydrogen) atoms. The Morgan fingerprint density at radius 3 is 2.67 bits per heavy atom. The molecular weight excluding hydrogens is 252 g/mol. The summed E-state index contributed by atoms with van der Waals surface area (Å²) in [6.45, 7) is 5.43. The minimum atomic E-state index is -0.251. The van der Waals surface area contributed by atoms with Gasteiger partial charge in [-0.05, 0) is 38.5 Å². The van der Waals surface area contributed by atoms with Gasteiger partial charge in [0, 0.05) is 6.20 Å². The third kappa shape index (κ3) is 2.54. The van der Waals surface area contributed by atoms with Crippen LogP contribution in [0.4, 0.5) is 5.69 Å². The van der Waals surface area contributed by atoms with Gasteiger partial charge in [0.1, 0.15) is 11.5 Å². The van der Waals surface area contributed by atoms with Crippen LogP contribution >= 0.6 is 11.6 Å². The van der Waals surface area contributed by atoms with E-state index in [0.717, 1.165) is 5.56 Å². The highest BCUT2D eigenvalue weighted by atomic mass is 35.5. The lowest BCUT2D eigenvalue weighted by atomic mass is 10.2. The maximum Gasteiger partial charge on any atom is 0.259 e. The third-order valence-electron chi connectivity index (χ3n) is 2.51. The van der Waals surface area contributed by atoms with Gasteiger partial charge in [-0.1, -0.05) is 11.6 Å². The van der Waals surface area contributed by atoms with E-state index in [-0.39, 0.29) is 11.1 Å². The first-order chi connectivity index (χ1) is 8.47. The molecule has 94 valence electrons. The first-order valence-corrected chi connectivity index (χ1v) is 5.85. The average Bonchev–Trinajstić information content (AvgIpc) is 2.63. The molecule has 2 heterocycles. The number of aromatic nitrogens is 1. The molecule has 0 saturated heterocycles. The lowest BCUT2D eigenvalue weighted by molar-refractivity contribution is 0.102. The highest BCUT2D eigenvalue weighted by Gasteiger charge is 2.15. The number of carbonyl (C=O) groups excluding carboxylic acids is 1. The lowest BCUT2D eigenvalue weighted by Gasteiger charge is -2.06. The Labute approximate surface area is 110 Å². The molecule has 1 amide bonds. The molecule has 0 bridgehead atoms. The van der Waals surface area contributed by atoms with Crippen LogP contribution in [0.2, 0.25) is 5.15 Å². The van der Waals surface area contributed by atoms with Crippen LogP contribution in [0.5, 0.6) is 0 Å². The molecule has 0 saturated carbocycles. The zero-order chi connectivity index (χ0) is 13.3. The fourth-order valence-electron chi connectivity index (χ4n) is 1.69. The molecule has 0 unspecified atom stereocenters. The lowest BCUT2D eigenvalue weighted by Crippen LogP contribution is -2.12. The summed E-state index contributed by atoms with van der Waals surface area (Å²) in [6.07, 6.45) is 1.64. The van der Waals surface area contributed by atoms with E-state index in [4.69, 9.17) is 16.0 Å². The number of furan rings is 1. The van der Waals surface area contributed by atoms with Crippen molar-refractivity contribution in [3.05, 3.63) is 46.1 Å². The predicted octanol–water partition coefficient (Wildman–Crippen LogP) is 3.51. The van der Waals surface area contributed by atoms with Crippen LogP contribution in [-0.4, -0.2) is 10.9 Å². The first-order valence-electron chi connectivity index (χ1n) is 5.48. The predicted molar refractivity (Wildman–Crippen MR) is 70.1 cm³/mol. The fourth-order valence-corrected chi connectivity index (χ4v) is 1.84. The van der Waals surface area contributed by atoms with Gasteiger partial charge < -0.3 is 9.73 Å². The van der Waals surface area contributed by atoms with Gasteiger partial charge in [0.25, 0.3) is 5.91 Å². The van der Waals surface area contributed by atoms with E-state index in [1.165, 1.54) is 0 Å². The van der Waals surface area contributed by atoms with Crippen LogP contribution in [0.3, 0.4) is 0 Å². The molecule has 0 aliphatic carbocycles. The molecule has 5 heteroatoms. The van der Waals surface area contributed by atoms with E-state index in [9.17, 15) is 4.79 Å². The number of carbonyl (C=O) groups is 1. The fraction of sp³-hybridized carbons (Fsp3) is 0.231. The maximum absolute atomic E-state index is 12.1. The number of hydrogen-bond donors (Lipinski definition) is 1. The second kappa shape index (κ2) is 4.82. The summed E-state index contributed by atoms with van der Waals surface area (Å²) in [5.41, 5.74) is 1.93. The van der Waals surface area contributed by atoms with Crippen molar-refractivity contribution in [2.45, 2.75) is 20.8 Å². The Morgan fingerprint density at radius 2 is 2.06 bits per heavy atom. The number of nitrogens with zero attached hydrogens (tertiary/aromatic N) is 1. The number of amides is 1. The van der Waals surface area contributed by atoms with Crippen molar-refractivity contribution in [1.82, 2.24) is 4.98 Å². The maximum atomic E-state index is 12.1. The van der Waals surface area contributed by atoms with Crippen LogP contribution in [0, 0.1) is 20.8 Å². The highest BCUT2D eigenvalue weighted by Crippen LogP contribution is 2.22. The van der Waals surface area contributed by atoms with E-state index in [0.29, 0.717) is 22.8 Å². The molecule has 0 aliphatic rings.